The van der Waals surface area contributed by atoms with E-state index in [4.69, 9.17) is 0 Å². The predicted molar refractivity (Wildman–Crippen MR) is 77.3 cm³/mol. The fraction of sp³-hybridized carbons (Fsp3) is 0.286. The maximum atomic E-state index is 12.0. The molecule has 0 aliphatic carbocycles. The molecular weight excluding hydrogens is 276 g/mol. The predicted octanol–water partition coefficient (Wildman–Crippen LogP) is 2.41. The summed E-state index contributed by atoms with van der Waals surface area (Å²) >= 11 is 1.57. The molecule has 2 aromatic rings. The molecule has 3 N–H and O–H groups in total. The minimum absolute atomic E-state index is 0.0534. The highest BCUT2D eigenvalue weighted by Crippen LogP contribution is 2.31. The van der Waals surface area contributed by atoms with Gasteiger partial charge in [-0.05, 0) is 32.4 Å². The molecule has 1 aromatic carbocycles. The molecule has 106 valence electrons. The number of hydrogen-bond acceptors (Lipinski definition) is 5. The molecular formula is C14H16N2O3S. The lowest BCUT2D eigenvalue weighted by molar-refractivity contribution is 0.0947. The monoisotopic (exact) mass is 292 g/mol. The third-order valence-electron chi connectivity index (χ3n) is 3.01. The average molecular weight is 292 g/mol. The van der Waals surface area contributed by atoms with E-state index in [1.165, 1.54) is 6.07 Å². The molecule has 5 nitrogen and oxygen atoms in total. The van der Waals surface area contributed by atoms with Crippen molar-refractivity contribution in [3.63, 3.8) is 0 Å². The van der Waals surface area contributed by atoms with Crippen LogP contribution in [0.2, 0.25) is 0 Å². The number of aryl methyl sites for hydroxylation is 3. The number of aromatic nitrogens is 1. The van der Waals surface area contributed by atoms with Gasteiger partial charge < -0.3 is 15.5 Å². The van der Waals surface area contributed by atoms with Gasteiger partial charge in [0.05, 0.1) is 22.8 Å². The first-order valence-corrected chi connectivity index (χ1v) is 6.94. The molecule has 0 radical (unpaired) electrons. The van der Waals surface area contributed by atoms with E-state index in [0.717, 1.165) is 15.6 Å². The quantitative estimate of drug-likeness (QED) is 0.759. The number of carbonyl (C=O) groups is 1. The summed E-state index contributed by atoms with van der Waals surface area (Å²) in [6, 6.07) is 3.07. The van der Waals surface area contributed by atoms with Gasteiger partial charge in [0.15, 0.2) is 11.5 Å². The SMILES string of the molecule is Cc1nc(CNC(=O)c2ccc(C)c(O)c2O)c(C)s1. The lowest BCUT2D eigenvalue weighted by atomic mass is 10.1. The van der Waals surface area contributed by atoms with Gasteiger partial charge in [-0.15, -0.1) is 11.3 Å². The largest absolute Gasteiger partial charge is 0.504 e. The molecule has 0 bridgehead atoms. The Morgan fingerprint density at radius 2 is 1.95 bits per heavy atom. The van der Waals surface area contributed by atoms with Gasteiger partial charge in [0.1, 0.15) is 0 Å². The van der Waals surface area contributed by atoms with Crippen molar-refractivity contribution in [1.82, 2.24) is 10.3 Å². The van der Waals surface area contributed by atoms with Gasteiger partial charge in [0.2, 0.25) is 0 Å². The maximum Gasteiger partial charge on any atom is 0.255 e. The van der Waals surface area contributed by atoms with E-state index >= 15 is 0 Å². The molecule has 1 heterocycles. The van der Waals surface area contributed by atoms with Crippen LogP contribution in [0.15, 0.2) is 12.1 Å². The van der Waals surface area contributed by atoms with E-state index in [2.05, 4.69) is 10.3 Å². The lowest BCUT2D eigenvalue weighted by Crippen LogP contribution is -2.23. The van der Waals surface area contributed by atoms with Crippen LogP contribution in [0.3, 0.4) is 0 Å². The van der Waals surface area contributed by atoms with Crippen molar-refractivity contribution >= 4 is 17.2 Å². The van der Waals surface area contributed by atoms with Gasteiger partial charge in [-0.2, -0.15) is 0 Å². The van der Waals surface area contributed by atoms with Crippen LogP contribution in [0.25, 0.3) is 0 Å². The van der Waals surface area contributed by atoms with Crippen LogP contribution >= 0.6 is 11.3 Å². The Kier molecular flexibility index (Phi) is 3.94. The minimum atomic E-state index is -0.442. The smallest absolute Gasteiger partial charge is 0.255 e. The lowest BCUT2D eigenvalue weighted by Gasteiger charge is -2.08. The number of phenolic OH excluding ortho intramolecular Hbond substituents is 2. The molecule has 1 aromatic heterocycles. The third kappa shape index (κ3) is 2.75. The van der Waals surface area contributed by atoms with Crippen molar-refractivity contribution in [2.45, 2.75) is 27.3 Å². The molecule has 0 aliphatic rings. The standard InChI is InChI=1S/C14H16N2O3S/c1-7-4-5-10(13(18)12(7)17)14(19)15-6-11-8(2)20-9(3)16-11/h4-5,17-18H,6H2,1-3H3,(H,15,19). The van der Waals surface area contributed by atoms with Gasteiger partial charge in [0.25, 0.3) is 5.91 Å². The van der Waals surface area contributed by atoms with Gasteiger partial charge in [0, 0.05) is 4.88 Å². The first-order chi connectivity index (χ1) is 9.40. The van der Waals surface area contributed by atoms with E-state index < -0.39 is 11.7 Å². The number of carbonyl (C=O) groups excluding carboxylic acids is 1. The zero-order chi connectivity index (χ0) is 14.9. The first kappa shape index (κ1) is 14.3. The summed E-state index contributed by atoms with van der Waals surface area (Å²) < 4.78 is 0. The number of amides is 1. The van der Waals surface area contributed by atoms with Crippen LogP contribution in [-0.4, -0.2) is 21.1 Å². The fourth-order valence-corrected chi connectivity index (χ4v) is 2.69. The van der Waals surface area contributed by atoms with Crippen molar-refractivity contribution < 1.29 is 15.0 Å². The van der Waals surface area contributed by atoms with Crippen molar-refractivity contribution in [3.8, 4) is 11.5 Å². The number of nitrogens with one attached hydrogen (secondary N) is 1. The summed E-state index contributed by atoms with van der Waals surface area (Å²) in [4.78, 5) is 17.4. The van der Waals surface area contributed by atoms with Crippen molar-refractivity contribution in [3.05, 3.63) is 38.8 Å². The maximum absolute atomic E-state index is 12.0. The number of phenols is 2. The van der Waals surface area contributed by atoms with Gasteiger partial charge in [-0.3, -0.25) is 4.79 Å². The number of thiazole rings is 1. The Labute approximate surface area is 120 Å². The summed E-state index contributed by atoms with van der Waals surface area (Å²) in [5, 5.41) is 23.0. The highest BCUT2D eigenvalue weighted by molar-refractivity contribution is 7.11. The third-order valence-corrected chi connectivity index (χ3v) is 3.94. The number of aromatic hydroxyl groups is 2. The minimum Gasteiger partial charge on any atom is -0.504 e. The number of nitrogens with zero attached hydrogens (tertiary/aromatic N) is 1. The van der Waals surface area contributed by atoms with E-state index in [0.29, 0.717) is 12.1 Å². The van der Waals surface area contributed by atoms with Crippen LogP contribution < -0.4 is 5.32 Å². The van der Waals surface area contributed by atoms with E-state index in [9.17, 15) is 15.0 Å². The summed E-state index contributed by atoms with van der Waals surface area (Å²) in [6.07, 6.45) is 0. The molecule has 0 spiro atoms. The number of hydrogen-bond donors (Lipinski definition) is 3. The van der Waals surface area contributed by atoms with E-state index in [1.807, 2.05) is 13.8 Å². The highest BCUT2D eigenvalue weighted by Gasteiger charge is 2.16. The molecule has 0 saturated heterocycles. The Morgan fingerprint density at radius 3 is 2.55 bits per heavy atom. The second-order valence-electron chi connectivity index (χ2n) is 4.55. The second-order valence-corrected chi connectivity index (χ2v) is 5.95. The highest BCUT2D eigenvalue weighted by atomic mass is 32.1. The molecule has 0 unspecified atom stereocenters. The molecule has 20 heavy (non-hydrogen) atoms. The van der Waals surface area contributed by atoms with E-state index in [1.54, 1.807) is 24.3 Å². The molecule has 6 heteroatoms. The molecule has 1 amide bonds. The summed E-state index contributed by atoms with van der Waals surface area (Å²) in [5.74, 6) is -1.10. The van der Waals surface area contributed by atoms with E-state index in [-0.39, 0.29) is 11.3 Å². The Hall–Kier alpha value is -2.08. The molecule has 0 aliphatic heterocycles. The zero-order valence-corrected chi connectivity index (χ0v) is 12.3. The topological polar surface area (TPSA) is 82.5 Å². The van der Waals surface area contributed by atoms with Crippen LogP contribution in [0.1, 0.15) is 31.5 Å². The number of rotatable bonds is 3. The number of benzene rings is 1. The molecule has 0 fully saturated rings. The summed E-state index contributed by atoms with van der Waals surface area (Å²) in [5.41, 5.74) is 1.39. The van der Waals surface area contributed by atoms with Crippen LogP contribution in [0.5, 0.6) is 11.5 Å². The van der Waals surface area contributed by atoms with Gasteiger partial charge >= 0.3 is 0 Å². The summed E-state index contributed by atoms with van der Waals surface area (Å²) in [6.45, 7) is 5.80. The van der Waals surface area contributed by atoms with Gasteiger partial charge in [-0.1, -0.05) is 6.07 Å². The fourth-order valence-electron chi connectivity index (χ4n) is 1.86. The zero-order valence-electron chi connectivity index (χ0n) is 11.5. The Morgan fingerprint density at radius 1 is 1.25 bits per heavy atom. The molecule has 0 saturated carbocycles. The Bertz CT molecular complexity index is 665. The van der Waals surface area contributed by atoms with Crippen molar-refractivity contribution in [1.29, 1.82) is 0 Å². The van der Waals surface area contributed by atoms with Gasteiger partial charge in [-0.25, -0.2) is 4.98 Å². The van der Waals surface area contributed by atoms with Crippen molar-refractivity contribution in [2.75, 3.05) is 0 Å². The van der Waals surface area contributed by atoms with Crippen LogP contribution in [0, 0.1) is 20.8 Å². The normalized spacial score (nSPS) is 10.6. The molecule has 2 rings (SSSR count). The van der Waals surface area contributed by atoms with Crippen LogP contribution in [-0.2, 0) is 6.54 Å². The average Bonchev–Trinajstić information content (AvgIpc) is 2.72. The Balaban J connectivity index is 2.13. The first-order valence-electron chi connectivity index (χ1n) is 6.12. The second kappa shape index (κ2) is 5.50. The van der Waals surface area contributed by atoms with Crippen molar-refractivity contribution in [2.24, 2.45) is 0 Å². The summed E-state index contributed by atoms with van der Waals surface area (Å²) in [7, 11) is 0. The van der Waals surface area contributed by atoms with Crippen LogP contribution in [0.4, 0.5) is 0 Å². The molecule has 0 atom stereocenters.